The van der Waals surface area contributed by atoms with Crippen molar-refractivity contribution in [3.05, 3.63) is 27.8 Å². The first-order chi connectivity index (χ1) is 7.52. The van der Waals surface area contributed by atoms with E-state index in [0.29, 0.717) is 21.9 Å². The maximum Gasteiger partial charge on any atom is 0.269 e. The van der Waals surface area contributed by atoms with E-state index in [0.717, 1.165) is 5.56 Å². The van der Waals surface area contributed by atoms with Crippen molar-refractivity contribution in [3.8, 4) is 5.75 Å². The Morgan fingerprint density at radius 3 is 2.56 bits per heavy atom. The van der Waals surface area contributed by atoms with E-state index in [1.807, 2.05) is 6.92 Å². The summed E-state index contributed by atoms with van der Waals surface area (Å²) in [6.45, 7) is 3.67. The van der Waals surface area contributed by atoms with Crippen LogP contribution in [0.5, 0.6) is 5.75 Å². The van der Waals surface area contributed by atoms with E-state index in [-0.39, 0.29) is 5.91 Å². The fraction of sp³-hybridized carbons (Fsp3) is 0.364. The van der Waals surface area contributed by atoms with Crippen molar-refractivity contribution in [1.82, 2.24) is 10.9 Å². The molecule has 4 nitrogen and oxygen atoms in total. The zero-order valence-corrected chi connectivity index (χ0v) is 10.5. The number of halogens is 1. The van der Waals surface area contributed by atoms with Crippen molar-refractivity contribution in [2.75, 3.05) is 14.2 Å². The first-order valence-electron chi connectivity index (χ1n) is 4.83. The molecule has 0 aromatic heterocycles. The van der Waals surface area contributed by atoms with Crippen molar-refractivity contribution in [2.24, 2.45) is 0 Å². The van der Waals surface area contributed by atoms with Gasteiger partial charge in [0.2, 0.25) is 0 Å². The molecule has 1 aromatic carbocycles. The number of carbonyl (C=O) groups is 1. The third kappa shape index (κ3) is 2.28. The highest BCUT2D eigenvalue weighted by atomic mass is 35.5. The third-order valence-corrected chi connectivity index (χ3v) is 2.91. The quantitative estimate of drug-likeness (QED) is 0.796. The highest BCUT2D eigenvalue weighted by molar-refractivity contribution is 6.32. The van der Waals surface area contributed by atoms with Gasteiger partial charge < -0.3 is 4.74 Å². The molecule has 5 heteroatoms. The van der Waals surface area contributed by atoms with E-state index >= 15 is 0 Å². The number of carbonyl (C=O) groups excluding carboxylic acids is 1. The molecule has 1 rings (SSSR count). The van der Waals surface area contributed by atoms with Crippen molar-refractivity contribution < 1.29 is 9.53 Å². The lowest BCUT2D eigenvalue weighted by atomic mass is 10.0. The van der Waals surface area contributed by atoms with Gasteiger partial charge in [-0.2, -0.15) is 0 Å². The number of hydrogen-bond donors (Lipinski definition) is 2. The molecule has 88 valence electrons. The topological polar surface area (TPSA) is 50.4 Å². The molecule has 0 atom stereocenters. The zero-order chi connectivity index (χ0) is 12.3. The van der Waals surface area contributed by atoms with Gasteiger partial charge in [0.05, 0.1) is 12.7 Å². The summed E-state index contributed by atoms with van der Waals surface area (Å²) < 4.78 is 5.18. The number of benzene rings is 1. The molecule has 0 aliphatic heterocycles. The fourth-order valence-corrected chi connectivity index (χ4v) is 1.69. The lowest BCUT2D eigenvalue weighted by Crippen LogP contribution is -2.34. The smallest absolute Gasteiger partial charge is 0.269 e. The zero-order valence-electron chi connectivity index (χ0n) is 9.77. The number of nitrogens with one attached hydrogen (secondary N) is 2. The molecule has 0 unspecified atom stereocenters. The summed E-state index contributed by atoms with van der Waals surface area (Å²) in [7, 11) is 3.15. The predicted molar refractivity (Wildman–Crippen MR) is 64.0 cm³/mol. The lowest BCUT2D eigenvalue weighted by molar-refractivity contribution is 0.0934. The van der Waals surface area contributed by atoms with Gasteiger partial charge in [0.1, 0.15) is 5.75 Å². The summed E-state index contributed by atoms with van der Waals surface area (Å²) in [6, 6.07) is 1.75. The molecular formula is C11H15ClN2O2. The average Bonchev–Trinajstić information content (AvgIpc) is 2.25. The Balaban J connectivity index is 3.35. The van der Waals surface area contributed by atoms with Crippen LogP contribution >= 0.6 is 11.6 Å². The molecule has 0 radical (unpaired) electrons. The normalized spacial score (nSPS) is 10.1. The van der Waals surface area contributed by atoms with Crippen LogP contribution in [0.1, 0.15) is 21.5 Å². The summed E-state index contributed by atoms with van der Waals surface area (Å²) in [5.74, 6) is 0.255. The van der Waals surface area contributed by atoms with Crippen LogP contribution in [0.3, 0.4) is 0 Å². The van der Waals surface area contributed by atoms with Gasteiger partial charge in [-0.1, -0.05) is 11.6 Å². The summed E-state index contributed by atoms with van der Waals surface area (Å²) in [4.78, 5) is 11.8. The number of hydrogen-bond acceptors (Lipinski definition) is 3. The highest BCUT2D eigenvalue weighted by Gasteiger charge is 2.18. The van der Waals surface area contributed by atoms with Crippen LogP contribution in [0.15, 0.2) is 6.07 Å². The number of rotatable bonds is 3. The minimum absolute atomic E-state index is 0.265. The van der Waals surface area contributed by atoms with Gasteiger partial charge in [-0.25, -0.2) is 5.43 Å². The fourth-order valence-electron chi connectivity index (χ4n) is 1.54. The standard InChI is InChI=1S/C11H15ClN2O2/c1-6-5-8(16-4)9(7(2)10(6)12)11(15)14-13-3/h5,13H,1-4H3,(H,14,15). The van der Waals surface area contributed by atoms with Gasteiger partial charge in [0.15, 0.2) is 0 Å². The van der Waals surface area contributed by atoms with Crippen LogP contribution < -0.4 is 15.6 Å². The molecular weight excluding hydrogens is 228 g/mol. The minimum Gasteiger partial charge on any atom is -0.496 e. The Morgan fingerprint density at radius 2 is 2.06 bits per heavy atom. The van der Waals surface area contributed by atoms with Crippen LogP contribution in [0.2, 0.25) is 5.02 Å². The van der Waals surface area contributed by atoms with Crippen molar-refractivity contribution >= 4 is 17.5 Å². The molecule has 16 heavy (non-hydrogen) atoms. The second-order valence-electron chi connectivity index (χ2n) is 3.41. The Kier molecular flexibility index (Phi) is 4.15. The molecule has 0 heterocycles. The maximum absolute atomic E-state index is 11.8. The Morgan fingerprint density at radius 1 is 1.44 bits per heavy atom. The van der Waals surface area contributed by atoms with Crippen LogP contribution in [0.4, 0.5) is 0 Å². The van der Waals surface area contributed by atoms with Crippen molar-refractivity contribution in [2.45, 2.75) is 13.8 Å². The number of hydrazine groups is 1. The third-order valence-electron chi connectivity index (χ3n) is 2.33. The Bertz CT molecular complexity index is 419. The van der Waals surface area contributed by atoms with Crippen LogP contribution in [0, 0.1) is 13.8 Å². The first kappa shape index (κ1) is 12.8. The number of aryl methyl sites for hydroxylation is 1. The number of amides is 1. The Labute approximate surface area is 99.9 Å². The molecule has 0 spiro atoms. The summed E-state index contributed by atoms with van der Waals surface area (Å²) >= 11 is 6.10. The van der Waals surface area contributed by atoms with E-state index in [1.54, 1.807) is 20.0 Å². The number of ether oxygens (including phenoxy) is 1. The largest absolute Gasteiger partial charge is 0.496 e. The van der Waals surface area contributed by atoms with E-state index in [4.69, 9.17) is 16.3 Å². The van der Waals surface area contributed by atoms with E-state index in [2.05, 4.69) is 10.9 Å². The van der Waals surface area contributed by atoms with E-state index < -0.39 is 0 Å². The molecule has 0 aliphatic rings. The summed E-state index contributed by atoms with van der Waals surface area (Å²) in [6.07, 6.45) is 0. The molecule has 2 N–H and O–H groups in total. The van der Waals surface area contributed by atoms with Gasteiger partial charge in [0, 0.05) is 12.1 Å². The van der Waals surface area contributed by atoms with Crippen LogP contribution in [0.25, 0.3) is 0 Å². The molecule has 1 aromatic rings. The molecule has 1 amide bonds. The predicted octanol–water partition coefficient (Wildman–Crippen LogP) is 1.83. The van der Waals surface area contributed by atoms with E-state index in [9.17, 15) is 4.79 Å². The van der Waals surface area contributed by atoms with Crippen LogP contribution in [-0.2, 0) is 0 Å². The summed E-state index contributed by atoms with van der Waals surface area (Å²) in [5.41, 5.74) is 7.13. The minimum atomic E-state index is -0.265. The average molecular weight is 243 g/mol. The van der Waals surface area contributed by atoms with Crippen LogP contribution in [-0.4, -0.2) is 20.1 Å². The highest BCUT2D eigenvalue weighted by Crippen LogP contribution is 2.31. The monoisotopic (exact) mass is 242 g/mol. The Hall–Kier alpha value is -1.26. The van der Waals surface area contributed by atoms with Gasteiger partial charge in [-0.05, 0) is 31.0 Å². The SMILES string of the molecule is CNNC(=O)c1c(OC)cc(C)c(Cl)c1C. The molecule has 0 saturated carbocycles. The molecule has 0 saturated heterocycles. The van der Waals surface area contributed by atoms with E-state index in [1.165, 1.54) is 7.11 Å². The first-order valence-corrected chi connectivity index (χ1v) is 5.21. The van der Waals surface area contributed by atoms with Gasteiger partial charge >= 0.3 is 0 Å². The molecule has 0 bridgehead atoms. The van der Waals surface area contributed by atoms with Crippen molar-refractivity contribution in [3.63, 3.8) is 0 Å². The van der Waals surface area contributed by atoms with Crippen molar-refractivity contribution in [1.29, 1.82) is 0 Å². The molecule has 0 aliphatic carbocycles. The second-order valence-corrected chi connectivity index (χ2v) is 3.79. The van der Waals surface area contributed by atoms with Gasteiger partial charge in [0.25, 0.3) is 5.91 Å². The molecule has 0 fully saturated rings. The number of methoxy groups -OCH3 is 1. The van der Waals surface area contributed by atoms with Gasteiger partial charge in [-0.3, -0.25) is 10.2 Å². The summed E-state index contributed by atoms with van der Waals surface area (Å²) in [5, 5.41) is 0.585. The van der Waals surface area contributed by atoms with Gasteiger partial charge in [-0.15, -0.1) is 0 Å². The lowest BCUT2D eigenvalue weighted by Gasteiger charge is -2.14. The maximum atomic E-state index is 11.8. The second kappa shape index (κ2) is 5.18.